The van der Waals surface area contributed by atoms with Gasteiger partial charge >= 0.3 is 0 Å². The van der Waals surface area contributed by atoms with E-state index in [1.807, 2.05) is 19.1 Å². The average Bonchev–Trinajstić information content (AvgIpc) is 2.65. The highest BCUT2D eigenvalue weighted by Gasteiger charge is 2.31. The van der Waals surface area contributed by atoms with Gasteiger partial charge in [0, 0.05) is 18.1 Å². The third-order valence-corrected chi connectivity index (χ3v) is 6.45. The van der Waals surface area contributed by atoms with E-state index in [1.54, 1.807) is 36.0 Å². The molecule has 1 atom stereocenters. The quantitative estimate of drug-likeness (QED) is 0.597. The van der Waals surface area contributed by atoms with Gasteiger partial charge in [-0.1, -0.05) is 55.0 Å². The van der Waals surface area contributed by atoms with Gasteiger partial charge in [0.25, 0.3) is 0 Å². The molecule has 5 nitrogen and oxygen atoms in total. The van der Waals surface area contributed by atoms with Crippen LogP contribution in [0.15, 0.2) is 54.6 Å². The SMILES string of the molecule is CC[C@H](C(=O)NCCSCc1cccc(C)c1)N(c1ccccc1)S(C)(=O)=O. The van der Waals surface area contributed by atoms with Gasteiger partial charge in [-0.05, 0) is 31.0 Å². The zero-order valence-electron chi connectivity index (χ0n) is 16.6. The fraction of sp³-hybridized carbons (Fsp3) is 0.381. The molecular weight excluding hydrogens is 392 g/mol. The van der Waals surface area contributed by atoms with Crippen LogP contribution >= 0.6 is 11.8 Å². The first kappa shape index (κ1) is 22.3. The maximum atomic E-state index is 12.7. The Kier molecular flexibility index (Phi) is 8.38. The van der Waals surface area contributed by atoms with E-state index in [0.29, 0.717) is 18.7 Å². The van der Waals surface area contributed by atoms with Crippen molar-refractivity contribution in [3.63, 3.8) is 0 Å². The van der Waals surface area contributed by atoms with Crippen LogP contribution in [-0.2, 0) is 20.6 Å². The molecule has 0 radical (unpaired) electrons. The van der Waals surface area contributed by atoms with E-state index < -0.39 is 16.1 Å². The van der Waals surface area contributed by atoms with Crippen molar-refractivity contribution in [2.45, 2.75) is 32.1 Å². The molecule has 0 aliphatic carbocycles. The third kappa shape index (κ3) is 6.56. The number of hydrogen-bond donors (Lipinski definition) is 1. The van der Waals surface area contributed by atoms with Gasteiger partial charge in [0.2, 0.25) is 15.9 Å². The molecule has 1 N–H and O–H groups in total. The summed E-state index contributed by atoms with van der Waals surface area (Å²) in [6, 6.07) is 16.3. The maximum absolute atomic E-state index is 12.7. The van der Waals surface area contributed by atoms with E-state index in [4.69, 9.17) is 0 Å². The summed E-state index contributed by atoms with van der Waals surface area (Å²) in [6.45, 7) is 4.38. The lowest BCUT2D eigenvalue weighted by Crippen LogP contribution is -2.49. The number of sulfonamides is 1. The van der Waals surface area contributed by atoms with Crippen LogP contribution in [0.3, 0.4) is 0 Å². The molecular formula is C21H28N2O3S2. The standard InChI is InChI=1S/C21H28N2O3S2/c1-4-20(23(28(3,25)26)19-11-6-5-7-12-19)21(24)22-13-14-27-16-18-10-8-9-17(2)15-18/h5-12,15,20H,4,13-14,16H2,1-3H3,(H,22,24)/t20-/m1/s1. The second kappa shape index (κ2) is 10.5. The number of rotatable bonds is 10. The van der Waals surface area contributed by atoms with E-state index in [-0.39, 0.29) is 5.91 Å². The van der Waals surface area contributed by atoms with Crippen molar-refractivity contribution in [1.29, 1.82) is 0 Å². The fourth-order valence-electron chi connectivity index (χ4n) is 2.99. The molecule has 0 aliphatic heterocycles. The van der Waals surface area contributed by atoms with Crippen molar-refractivity contribution in [3.05, 3.63) is 65.7 Å². The molecule has 0 spiro atoms. The molecule has 28 heavy (non-hydrogen) atoms. The van der Waals surface area contributed by atoms with Gasteiger partial charge in [-0.25, -0.2) is 8.42 Å². The van der Waals surface area contributed by atoms with Crippen LogP contribution in [0.2, 0.25) is 0 Å². The Bertz CT molecular complexity index is 870. The van der Waals surface area contributed by atoms with E-state index >= 15 is 0 Å². The van der Waals surface area contributed by atoms with Gasteiger partial charge in [0.15, 0.2) is 0 Å². The van der Waals surface area contributed by atoms with Gasteiger partial charge in [0.05, 0.1) is 11.9 Å². The highest BCUT2D eigenvalue weighted by Crippen LogP contribution is 2.22. The molecule has 2 aromatic carbocycles. The number of anilines is 1. The molecule has 0 bridgehead atoms. The molecule has 2 aromatic rings. The van der Waals surface area contributed by atoms with Gasteiger partial charge in [-0.3, -0.25) is 9.10 Å². The summed E-state index contributed by atoms with van der Waals surface area (Å²) in [7, 11) is -3.58. The zero-order valence-corrected chi connectivity index (χ0v) is 18.2. The minimum absolute atomic E-state index is 0.270. The fourth-order valence-corrected chi connectivity index (χ4v) is 5.01. The number of hydrogen-bond acceptors (Lipinski definition) is 4. The lowest BCUT2D eigenvalue weighted by Gasteiger charge is -2.30. The molecule has 7 heteroatoms. The Hall–Kier alpha value is -1.99. The molecule has 0 fully saturated rings. The topological polar surface area (TPSA) is 66.5 Å². The molecule has 1 amide bonds. The van der Waals surface area contributed by atoms with Crippen molar-refractivity contribution in [2.75, 3.05) is 22.9 Å². The van der Waals surface area contributed by atoms with Gasteiger partial charge in [-0.15, -0.1) is 0 Å². The van der Waals surface area contributed by atoms with E-state index in [9.17, 15) is 13.2 Å². The van der Waals surface area contributed by atoms with Crippen LogP contribution in [0.5, 0.6) is 0 Å². The first-order chi connectivity index (χ1) is 13.3. The van der Waals surface area contributed by atoms with E-state index in [2.05, 4.69) is 30.4 Å². The smallest absolute Gasteiger partial charge is 0.243 e. The molecule has 0 heterocycles. The molecule has 0 saturated carbocycles. The van der Waals surface area contributed by atoms with Crippen LogP contribution in [0.1, 0.15) is 24.5 Å². The number of para-hydroxylation sites is 1. The number of thioether (sulfide) groups is 1. The minimum Gasteiger partial charge on any atom is -0.353 e. The van der Waals surface area contributed by atoms with Crippen molar-refractivity contribution in [3.8, 4) is 0 Å². The summed E-state index contributed by atoms with van der Waals surface area (Å²) in [5.41, 5.74) is 3.00. The van der Waals surface area contributed by atoms with Crippen molar-refractivity contribution < 1.29 is 13.2 Å². The Morgan fingerprint density at radius 2 is 1.86 bits per heavy atom. The highest BCUT2D eigenvalue weighted by atomic mass is 32.2. The number of nitrogens with zero attached hydrogens (tertiary/aromatic N) is 1. The Morgan fingerprint density at radius 1 is 1.14 bits per heavy atom. The van der Waals surface area contributed by atoms with Crippen LogP contribution in [0.4, 0.5) is 5.69 Å². The summed E-state index contributed by atoms with van der Waals surface area (Å²) in [5, 5.41) is 2.89. The predicted octanol–water partition coefficient (Wildman–Crippen LogP) is 3.59. The lowest BCUT2D eigenvalue weighted by molar-refractivity contribution is -0.122. The number of amides is 1. The Morgan fingerprint density at radius 3 is 2.46 bits per heavy atom. The van der Waals surface area contributed by atoms with Gasteiger partial charge < -0.3 is 5.32 Å². The van der Waals surface area contributed by atoms with E-state index in [0.717, 1.165) is 17.8 Å². The molecule has 0 unspecified atom stereocenters. The first-order valence-corrected chi connectivity index (χ1v) is 12.3. The molecule has 152 valence electrons. The van der Waals surface area contributed by atoms with Gasteiger partial charge in [0.1, 0.15) is 6.04 Å². The molecule has 0 saturated heterocycles. The van der Waals surface area contributed by atoms with Crippen LogP contribution in [0.25, 0.3) is 0 Å². The number of nitrogens with one attached hydrogen (secondary N) is 1. The van der Waals surface area contributed by atoms with Crippen LogP contribution < -0.4 is 9.62 Å². The maximum Gasteiger partial charge on any atom is 0.243 e. The zero-order chi connectivity index (χ0) is 20.6. The lowest BCUT2D eigenvalue weighted by atomic mass is 10.2. The number of carbonyl (C=O) groups excluding carboxylic acids is 1. The van der Waals surface area contributed by atoms with Gasteiger partial charge in [-0.2, -0.15) is 11.8 Å². The number of aryl methyl sites for hydroxylation is 1. The Balaban J connectivity index is 1.92. The van der Waals surface area contributed by atoms with Crippen LogP contribution in [-0.4, -0.2) is 38.9 Å². The normalized spacial score (nSPS) is 12.4. The highest BCUT2D eigenvalue weighted by molar-refractivity contribution is 7.98. The average molecular weight is 421 g/mol. The summed E-state index contributed by atoms with van der Waals surface area (Å²) >= 11 is 1.74. The van der Waals surface area contributed by atoms with Crippen molar-refractivity contribution in [2.24, 2.45) is 0 Å². The largest absolute Gasteiger partial charge is 0.353 e. The molecule has 0 aliphatic rings. The Labute approximate surface area is 172 Å². The number of carbonyl (C=O) groups is 1. The minimum atomic E-state index is -3.58. The summed E-state index contributed by atoms with van der Waals surface area (Å²) in [5.74, 6) is 1.38. The third-order valence-electron chi connectivity index (χ3n) is 4.24. The number of benzene rings is 2. The second-order valence-corrected chi connectivity index (χ2v) is 9.62. The summed E-state index contributed by atoms with van der Waals surface area (Å²) in [6.07, 6.45) is 1.53. The van der Waals surface area contributed by atoms with Crippen LogP contribution in [0, 0.1) is 6.92 Å². The van der Waals surface area contributed by atoms with Crippen molar-refractivity contribution >= 4 is 33.4 Å². The first-order valence-electron chi connectivity index (χ1n) is 9.28. The summed E-state index contributed by atoms with van der Waals surface area (Å²) < 4.78 is 25.9. The molecule has 2 rings (SSSR count). The van der Waals surface area contributed by atoms with E-state index in [1.165, 1.54) is 15.4 Å². The monoisotopic (exact) mass is 420 g/mol. The summed E-state index contributed by atoms with van der Waals surface area (Å²) in [4.78, 5) is 12.7. The predicted molar refractivity (Wildman–Crippen MR) is 118 cm³/mol. The van der Waals surface area contributed by atoms with Crippen molar-refractivity contribution in [1.82, 2.24) is 5.32 Å². The second-order valence-electron chi connectivity index (χ2n) is 6.65. The molecule has 0 aromatic heterocycles.